The smallest absolute Gasteiger partial charge is 0.254 e. The lowest BCUT2D eigenvalue weighted by atomic mass is 10.1. The Morgan fingerprint density at radius 2 is 1.85 bits per heavy atom. The summed E-state index contributed by atoms with van der Waals surface area (Å²) in [5.74, 6) is 0.224. The summed E-state index contributed by atoms with van der Waals surface area (Å²) in [5.41, 5.74) is 1.10. The number of para-hydroxylation sites is 1. The molecule has 2 amide bonds. The summed E-state index contributed by atoms with van der Waals surface area (Å²) in [7, 11) is 0. The molecule has 0 saturated carbocycles. The van der Waals surface area contributed by atoms with Crippen molar-refractivity contribution in [1.82, 2.24) is 5.32 Å². The molecule has 136 valence electrons. The molecular formula is C19H18Cl2N2O3. The summed E-state index contributed by atoms with van der Waals surface area (Å²) in [6, 6.07) is 11.9. The van der Waals surface area contributed by atoms with Crippen molar-refractivity contribution < 1.29 is 14.3 Å². The monoisotopic (exact) mass is 392 g/mol. The largest absolute Gasteiger partial charge is 0.494 e. The van der Waals surface area contributed by atoms with E-state index in [0.29, 0.717) is 40.9 Å². The first-order chi connectivity index (χ1) is 12.5. The number of ether oxygens (including phenoxy) is 1. The van der Waals surface area contributed by atoms with Gasteiger partial charge in [0.1, 0.15) is 11.8 Å². The van der Waals surface area contributed by atoms with Crippen LogP contribution in [0.4, 0.5) is 5.69 Å². The van der Waals surface area contributed by atoms with Crippen molar-refractivity contribution in [2.24, 2.45) is 0 Å². The number of halogens is 2. The van der Waals surface area contributed by atoms with E-state index in [4.69, 9.17) is 27.9 Å². The highest BCUT2D eigenvalue weighted by Gasteiger charge is 2.40. The van der Waals surface area contributed by atoms with E-state index in [-0.39, 0.29) is 11.8 Å². The van der Waals surface area contributed by atoms with Gasteiger partial charge in [-0.2, -0.15) is 0 Å². The molecule has 26 heavy (non-hydrogen) atoms. The van der Waals surface area contributed by atoms with E-state index in [0.717, 1.165) is 5.75 Å². The Morgan fingerprint density at radius 1 is 1.15 bits per heavy atom. The summed E-state index contributed by atoms with van der Waals surface area (Å²) in [6.45, 7) is 2.22. The first kappa shape index (κ1) is 18.5. The van der Waals surface area contributed by atoms with Gasteiger partial charge in [0.25, 0.3) is 5.91 Å². The van der Waals surface area contributed by atoms with E-state index in [1.807, 2.05) is 30.3 Å². The number of benzene rings is 2. The maximum absolute atomic E-state index is 12.8. The SMILES string of the molecule is CC(=O)N[C@@H]1C(=O)N(CCCOc2ccccc2)c2c(Cl)ccc(Cl)c21. The van der Waals surface area contributed by atoms with E-state index >= 15 is 0 Å². The maximum Gasteiger partial charge on any atom is 0.254 e. The van der Waals surface area contributed by atoms with Gasteiger partial charge in [-0.25, -0.2) is 0 Å². The number of fused-ring (bicyclic) bond motifs is 1. The van der Waals surface area contributed by atoms with Crippen molar-refractivity contribution in [3.8, 4) is 5.75 Å². The zero-order valence-electron chi connectivity index (χ0n) is 14.2. The summed E-state index contributed by atoms with van der Waals surface area (Å²) in [4.78, 5) is 25.9. The number of rotatable bonds is 6. The standard InChI is InChI=1S/C19H18Cl2N2O3/c1-12(24)22-17-16-14(20)8-9-15(21)18(16)23(19(17)25)10-5-11-26-13-6-3-2-4-7-13/h2-4,6-9,17H,5,10-11H2,1H3,(H,22,24)/t17-/m0/s1. The van der Waals surface area contributed by atoms with Crippen molar-refractivity contribution in [2.45, 2.75) is 19.4 Å². The van der Waals surface area contributed by atoms with Crippen molar-refractivity contribution in [1.29, 1.82) is 0 Å². The number of amides is 2. The Morgan fingerprint density at radius 3 is 2.54 bits per heavy atom. The Balaban J connectivity index is 1.74. The number of carbonyl (C=O) groups is 2. The van der Waals surface area contributed by atoms with E-state index in [1.165, 1.54) is 6.92 Å². The molecule has 0 bridgehead atoms. The summed E-state index contributed by atoms with van der Waals surface area (Å²) >= 11 is 12.6. The van der Waals surface area contributed by atoms with Crippen LogP contribution in [0.2, 0.25) is 10.0 Å². The highest BCUT2D eigenvalue weighted by molar-refractivity contribution is 6.38. The molecule has 1 atom stereocenters. The zero-order chi connectivity index (χ0) is 18.7. The van der Waals surface area contributed by atoms with Gasteiger partial charge in [-0.1, -0.05) is 41.4 Å². The molecular weight excluding hydrogens is 375 g/mol. The summed E-state index contributed by atoms with van der Waals surface area (Å²) in [6.07, 6.45) is 0.607. The van der Waals surface area contributed by atoms with Crippen LogP contribution in [0.5, 0.6) is 5.75 Å². The van der Waals surface area contributed by atoms with Crippen LogP contribution in [0.3, 0.4) is 0 Å². The number of carbonyl (C=O) groups excluding carboxylic acids is 2. The predicted molar refractivity (Wildman–Crippen MR) is 102 cm³/mol. The molecule has 2 aromatic carbocycles. The van der Waals surface area contributed by atoms with E-state index < -0.39 is 6.04 Å². The minimum Gasteiger partial charge on any atom is -0.494 e. The molecule has 0 saturated heterocycles. The third kappa shape index (κ3) is 3.79. The van der Waals surface area contributed by atoms with Crippen LogP contribution in [-0.4, -0.2) is 25.0 Å². The van der Waals surface area contributed by atoms with Crippen LogP contribution in [-0.2, 0) is 9.59 Å². The molecule has 5 nitrogen and oxygen atoms in total. The molecule has 0 radical (unpaired) electrons. The molecule has 0 spiro atoms. The Bertz CT molecular complexity index is 827. The molecule has 1 aliphatic rings. The summed E-state index contributed by atoms with van der Waals surface area (Å²) < 4.78 is 5.67. The van der Waals surface area contributed by atoms with Crippen LogP contribution < -0.4 is 15.0 Å². The number of nitrogens with one attached hydrogen (secondary N) is 1. The Labute approximate surface area is 161 Å². The molecule has 2 aromatic rings. The van der Waals surface area contributed by atoms with Crippen LogP contribution in [0, 0.1) is 0 Å². The molecule has 3 rings (SSSR count). The van der Waals surface area contributed by atoms with Gasteiger partial charge in [0.15, 0.2) is 0 Å². The van der Waals surface area contributed by atoms with Crippen LogP contribution in [0.1, 0.15) is 24.9 Å². The lowest BCUT2D eigenvalue weighted by molar-refractivity contribution is -0.126. The van der Waals surface area contributed by atoms with Crippen LogP contribution in [0.15, 0.2) is 42.5 Å². The topological polar surface area (TPSA) is 58.6 Å². The Kier molecular flexibility index (Phi) is 5.69. The van der Waals surface area contributed by atoms with Gasteiger partial charge in [0.2, 0.25) is 5.91 Å². The molecule has 1 N–H and O–H groups in total. The quantitative estimate of drug-likeness (QED) is 0.756. The third-order valence-corrected chi connectivity index (χ3v) is 4.71. The molecule has 1 aliphatic heterocycles. The molecule has 0 aliphatic carbocycles. The first-order valence-electron chi connectivity index (χ1n) is 8.23. The lowest BCUT2D eigenvalue weighted by Gasteiger charge is -2.19. The van der Waals surface area contributed by atoms with Crippen molar-refractivity contribution in [3.05, 3.63) is 58.1 Å². The third-order valence-electron chi connectivity index (χ3n) is 4.07. The average molecular weight is 393 g/mol. The molecule has 0 unspecified atom stereocenters. The van der Waals surface area contributed by atoms with Gasteiger partial charge in [-0.05, 0) is 30.7 Å². The number of anilines is 1. The predicted octanol–water partition coefficient (Wildman–Crippen LogP) is 3.99. The second kappa shape index (κ2) is 7.98. The normalized spacial score (nSPS) is 15.7. The van der Waals surface area contributed by atoms with E-state index in [9.17, 15) is 9.59 Å². The minimum absolute atomic E-state index is 0.245. The highest BCUT2D eigenvalue weighted by Crippen LogP contribution is 2.44. The lowest BCUT2D eigenvalue weighted by Crippen LogP contribution is -2.37. The molecule has 7 heteroatoms. The highest BCUT2D eigenvalue weighted by atomic mass is 35.5. The van der Waals surface area contributed by atoms with E-state index in [1.54, 1.807) is 17.0 Å². The Hall–Kier alpha value is -2.24. The minimum atomic E-state index is -0.816. The van der Waals surface area contributed by atoms with Crippen molar-refractivity contribution in [2.75, 3.05) is 18.1 Å². The molecule has 0 aromatic heterocycles. The van der Waals surface area contributed by atoms with Crippen molar-refractivity contribution in [3.63, 3.8) is 0 Å². The number of hydrogen-bond acceptors (Lipinski definition) is 3. The van der Waals surface area contributed by atoms with Gasteiger partial charge < -0.3 is 15.0 Å². The van der Waals surface area contributed by atoms with Gasteiger partial charge in [0, 0.05) is 24.1 Å². The first-order valence-corrected chi connectivity index (χ1v) is 8.99. The van der Waals surface area contributed by atoms with E-state index in [2.05, 4.69) is 5.32 Å². The fraction of sp³-hybridized carbons (Fsp3) is 0.263. The average Bonchev–Trinajstić information content (AvgIpc) is 2.89. The number of hydrogen-bond donors (Lipinski definition) is 1. The maximum atomic E-state index is 12.8. The number of nitrogens with zero attached hydrogens (tertiary/aromatic N) is 1. The second-order valence-electron chi connectivity index (χ2n) is 5.93. The summed E-state index contributed by atoms with van der Waals surface area (Å²) in [5, 5.41) is 3.49. The van der Waals surface area contributed by atoms with Gasteiger partial charge in [-0.3, -0.25) is 9.59 Å². The van der Waals surface area contributed by atoms with Crippen molar-refractivity contribution >= 4 is 40.7 Å². The molecule has 0 fully saturated rings. The zero-order valence-corrected chi connectivity index (χ0v) is 15.7. The fourth-order valence-electron chi connectivity index (χ4n) is 2.98. The van der Waals surface area contributed by atoms with Gasteiger partial charge >= 0.3 is 0 Å². The van der Waals surface area contributed by atoms with Crippen LogP contribution in [0.25, 0.3) is 0 Å². The van der Waals surface area contributed by atoms with Crippen LogP contribution >= 0.6 is 23.2 Å². The second-order valence-corrected chi connectivity index (χ2v) is 6.74. The fourth-order valence-corrected chi connectivity index (χ4v) is 3.51. The molecule has 1 heterocycles. The van der Waals surface area contributed by atoms with Gasteiger partial charge in [-0.15, -0.1) is 0 Å². The van der Waals surface area contributed by atoms with Gasteiger partial charge in [0.05, 0.1) is 17.3 Å².